The first-order valence-corrected chi connectivity index (χ1v) is 9.65. The number of sulfonamides is 1. The van der Waals surface area contributed by atoms with Crippen molar-refractivity contribution in [1.82, 2.24) is 9.97 Å². The van der Waals surface area contributed by atoms with Crippen molar-refractivity contribution in [1.29, 1.82) is 0 Å². The first-order chi connectivity index (χ1) is 12.4. The summed E-state index contributed by atoms with van der Waals surface area (Å²) in [6.07, 6.45) is 3.14. The molecular formula is C17H13N3O4S2. The summed E-state index contributed by atoms with van der Waals surface area (Å²) in [7, 11) is -3.92. The quantitative estimate of drug-likeness (QED) is 0.669. The fourth-order valence-electron chi connectivity index (χ4n) is 2.05. The first kappa shape index (κ1) is 17.9. The highest BCUT2D eigenvalue weighted by Crippen LogP contribution is 2.26. The molecule has 0 aliphatic heterocycles. The number of aromatic nitrogens is 2. The van der Waals surface area contributed by atoms with E-state index < -0.39 is 16.0 Å². The summed E-state index contributed by atoms with van der Waals surface area (Å²) < 4.78 is 27.4. The third-order valence-electron chi connectivity index (χ3n) is 3.23. The van der Waals surface area contributed by atoms with E-state index in [2.05, 4.69) is 14.7 Å². The van der Waals surface area contributed by atoms with Gasteiger partial charge in [-0.05, 0) is 42.5 Å². The number of nitrogens with one attached hydrogen (secondary N) is 1. The van der Waals surface area contributed by atoms with E-state index in [-0.39, 0.29) is 10.5 Å². The third kappa shape index (κ3) is 4.38. The van der Waals surface area contributed by atoms with Crippen LogP contribution in [0.5, 0.6) is 0 Å². The number of nitrogens with zero attached hydrogens (tertiary/aromatic N) is 2. The third-order valence-corrected chi connectivity index (χ3v) is 5.49. The second kappa shape index (κ2) is 7.54. The maximum absolute atomic E-state index is 12.5. The average molecular weight is 387 g/mol. The van der Waals surface area contributed by atoms with Crippen LogP contribution in [0.2, 0.25) is 0 Å². The molecule has 0 unspecified atom stereocenters. The normalized spacial score (nSPS) is 11.1. The van der Waals surface area contributed by atoms with Crippen LogP contribution in [-0.2, 0) is 10.0 Å². The van der Waals surface area contributed by atoms with Crippen molar-refractivity contribution in [3.8, 4) is 0 Å². The topological polar surface area (TPSA) is 109 Å². The summed E-state index contributed by atoms with van der Waals surface area (Å²) in [4.78, 5) is 19.3. The zero-order valence-corrected chi connectivity index (χ0v) is 14.9. The Balaban J connectivity index is 1.83. The van der Waals surface area contributed by atoms with Gasteiger partial charge in [-0.3, -0.25) is 4.72 Å². The van der Waals surface area contributed by atoms with Gasteiger partial charge in [0, 0.05) is 12.4 Å². The predicted molar refractivity (Wildman–Crippen MR) is 96.8 cm³/mol. The molecule has 0 spiro atoms. The zero-order chi connectivity index (χ0) is 18.6. The van der Waals surface area contributed by atoms with Gasteiger partial charge in [0.15, 0.2) is 0 Å². The van der Waals surface area contributed by atoms with Gasteiger partial charge in [-0.1, -0.05) is 23.9 Å². The van der Waals surface area contributed by atoms with Crippen molar-refractivity contribution in [2.24, 2.45) is 0 Å². The molecule has 2 aromatic heterocycles. The van der Waals surface area contributed by atoms with Gasteiger partial charge in [-0.2, -0.15) is 0 Å². The summed E-state index contributed by atoms with van der Waals surface area (Å²) in [5, 5.41) is 10.3. The van der Waals surface area contributed by atoms with E-state index in [4.69, 9.17) is 5.11 Å². The summed E-state index contributed by atoms with van der Waals surface area (Å²) in [5.41, 5.74) is 0.216. The molecule has 0 saturated carbocycles. The first-order valence-electron chi connectivity index (χ1n) is 7.35. The standard InChI is InChI=1S/C17H13N3O4S2/c21-17(22)12-4-3-5-14(10-12)26(23,24)20-13-7-9-19-16(11-13)25-15-6-1-2-8-18-15/h1-11H,(H,19,20)(H,21,22). The lowest BCUT2D eigenvalue weighted by Gasteiger charge is -2.09. The van der Waals surface area contributed by atoms with Gasteiger partial charge in [0.1, 0.15) is 10.1 Å². The maximum Gasteiger partial charge on any atom is 0.335 e. The molecule has 3 aromatic rings. The Morgan fingerprint density at radius 2 is 1.77 bits per heavy atom. The highest BCUT2D eigenvalue weighted by Gasteiger charge is 2.16. The lowest BCUT2D eigenvalue weighted by Crippen LogP contribution is -2.13. The highest BCUT2D eigenvalue weighted by molar-refractivity contribution is 7.99. The van der Waals surface area contributed by atoms with E-state index in [1.54, 1.807) is 18.3 Å². The van der Waals surface area contributed by atoms with Crippen LogP contribution in [0.3, 0.4) is 0 Å². The Bertz CT molecular complexity index is 1040. The van der Waals surface area contributed by atoms with Crippen LogP contribution < -0.4 is 4.72 Å². The summed E-state index contributed by atoms with van der Waals surface area (Å²) >= 11 is 1.30. The highest BCUT2D eigenvalue weighted by atomic mass is 32.2. The molecule has 0 saturated heterocycles. The summed E-state index contributed by atoms with van der Waals surface area (Å²) in [6.45, 7) is 0. The van der Waals surface area contributed by atoms with Gasteiger partial charge < -0.3 is 5.11 Å². The van der Waals surface area contributed by atoms with Crippen LogP contribution in [-0.4, -0.2) is 29.5 Å². The second-order valence-electron chi connectivity index (χ2n) is 5.09. The molecule has 0 bridgehead atoms. The van der Waals surface area contributed by atoms with Crippen LogP contribution in [0.25, 0.3) is 0 Å². The molecule has 1 aromatic carbocycles. The Labute approximate surface area is 154 Å². The average Bonchev–Trinajstić information content (AvgIpc) is 2.62. The summed E-state index contributed by atoms with van der Waals surface area (Å²) in [6, 6.07) is 13.7. The van der Waals surface area contributed by atoms with Crippen molar-refractivity contribution in [3.63, 3.8) is 0 Å². The summed E-state index contributed by atoms with van der Waals surface area (Å²) in [5.74, 6) is -1.19. The molecule has 132 valence electrons. The molecule has 0 radical (unpaired) electrons. The van der Waals surface area contributed by atoms with Gasteiger partial charge in [0.05, 0.1) is 16.1 Å². The van der Waals surface area contributed by atoms with Crippen LogP contribution >= 0.6 is 11.8 Å². The minimum atomic E-state index is -3.92. The van der Waals surface area contributed by atoms with E-state index in [0.717, 1.165) is 11.1 Å². The molecule has 0 aliphatic carbocycles. The number of rotatable bonds is 6. The van der Waals surface area contributed by atoms with E-state index >= 15 is 0 Å². The molecule has 0 fully saturated rings. The molecular weight excluding hydrogens is 374 g/mol. The molecule has 2 N–H and O–H groups in total. The predicted octanol–water partition coefficient (Wildman–Crippen LogP) is 3.13. The number of carboxylic acid groups (broad SMARTS) is 1. The lowest BCUT2D eigenvalue weighted by molar-refractivity contribution is 0.0696. The van der Waals surface area contributed by atoms with Crippen molar-refractivity contribution in [2.45, 2.75) is 14.9 Å². The molecule has 3 rings (SSSR count). The van der Waals surface area contributed by atoms with Crippen molar-refractivity contribution < 1.29 is 18.3 Å². The Hall–Kier alpha value is -2.91. The Kier molecular flexibility index (Phi) is 5.19. The largest absolute Gasteiger partial charge is 0.478 e. The fourth-order valence-corrected chi connectivity index (χ4v) is 3.92. The van der Waals surface area contributed by atoms with Crippen molar-refractivity contribution in [2.75, 3.05) is 4.72 Å². The molecule has 7 nitrogen and oxygen atoms in total. The van der Waals surface area contributed by atoms with Crippen LogP contribution in [0.15, 0.2) is 81.9 Å². The molecule has 2 heterocycles. The smallest absolute Gasteiger partial charge is 0.335 e. The van der Waals surface area contributed by atoms with Crippen molar-refractivity contribution >= 4 is 33.4 Å². The monoisotopic (exact) mass is 387 g/mol. The van der Waals surface area contributed by atoms with E-state index in [1.165, 1.54) is 42.2 Å². The number of aromatic carboxylic acids is 1. The molecule has 0 aliphatic rings. The SMILES string of the molecule is O=C(O)c1cccc(S(=O)(=O)Nc2ccnc(Sc3ccccn3)c2)c1. The van der Waals surface area contributed by atoms with Crippen LogP contribution in [0.4, 0.5) is 5.69 Å². The Morgan fingerprint density at radius 3 is 2.50 bits per heavy atom. The van der Waals surface area contributed by atoms with Gasteiger partial charge in [0.25, 0.3) is 10.0 Å². The fraction of sp³-hybridized carbons (Fsp3) is 0. The van der Waals surface area contributed by atoms with Gasteiger partial charge in [-0.25, -0.2) is 23.2 Å². The number of carboxylic acids is 1. The number of anilines is 1. The number of hydrogen-bond donors (Lipinski definition) is 2. The van der Waals surface area contributed by atoms with Gasteiger partial charge in [-0.15, -0.1) is 0 Å². The van der Waals surface area contributed by atoms with Crippen molar-refractivity contribution in [3.05, 3.63) is 72.6 Å². The molecule has 9 heteroatoms. The van der Waals surface area contributed by atoms with E-state index in [9.17, 15) is 13.2 Å². The van der Waals surface area contributed by atoms with Crippen LogP contribution in [0, 0.1) is 0 Å². The van der Waals surface area contributed by atoms with E-state index in [1.807, 2.05) is 12.1 Å². The number of pyridine rings is 2. The maximum atomic E-state index is 12.5. The van der Waals surface area contributed by atoms with Gasteiger partial charge >= 0.3 is 5.97 Å². The number of benzene rings is 1. The number of hydrogen-bond acceptors (Lipinski definition) is 6. The van der Waals surface area contributed by atoms with E-state index in [0.29, 0.717) is 10.7 Å². The molecule has 0 amide bonds. The van der Waals surface area contributed by atoms with Gasteiger partial charge in [0.2, 0.25) is 0 Å². The zero-order valence-electron chi connectivity index (χ0n) is 13.2. The van der Waals surface area contributed by atoms with Crippen LogP contribution in [0.1, 0.15) is 10.4 Å². The lowest BCUT2D eigenvalue weighted by atomic mass is 10.2. The number of carbonyl (C=O) groups is 1. The Morgan fingerprint density at radius 1 is 0.962 bits per heavy atom. The second-order valence-corrected chi connectivity index (χ2v) is 7.81. The minimum Gasteiger partial charge on any atom is -0.478 e. The minimum absolute atomic E-state index is 0.103. The molecule has 0 atom stereocenters. The molecule has 26 heavy (non-hydrogen) atoms.